The Hall–Kier alpha value is -1.01. The van der Waals surface area contributed by atoms with Crippen molar-refractivity contribution in [3.05, 3.63) is 35.4 Å². The number of halogens is 2. The number of sulfone groups is 1. The van der Waals surface area contributed by atoms with Crippen molar-refractivity contribution < 1.29 is 17.2 Å². The molecular formula is C12H15F2NO2S. The van der Waals surface area contributed by atoms with Crippen molar-refractivity contribution in [2.75, 3.05) is 18.1 Å². The SMILES string of the molecule is O=S1(=O)CCC(CNCc2cc(F)ccc2F)C1. The van der Waals surface area contributed by atoms with E-state index in [1.807, 2.05) is 0 Å². The van der Waals surface area contributed by atoms with Crippen molar-refractivity contribution >= 4 is 9.84 Å². The molecule has 1 fully saturated rings. The molecule has 1 heterocycles. The molecule has 0 bridgehead atoms. The first kappa shape index (κ1) is 13.4. The van der Waals surface area contributed by atoms with E-state index in [4.69, 9.17) is 0 Å². The lowest BCUT2D eigenvalue weighted by Gasteiger charge is -2.10. The Balaban J connectivity index is 1.84. The Morgan fingerprint density at radius 2 is 2.11 bits per heavy atom. The van der Waals surface area contributed by atoms with Gasteiger partial charge in [-0.05, 0) is 37.1 Å². The third-order valence-corrected chi connectivity index (χ3v) is 4.92. The molecule has 1 aromatic carbocycles. The Kier molecular flexibility index (Phi) is 3.97. The van der Waals surface area contributed by atoms with E-state index in [1.54, 1.807) is 0 Å². The Morgan fingerprint density at radius 3 is 2.78 bits per heavy atom. The minimum atomic E-state index is -2.88. The molecule has 1 aromatic rings. The molecular weight excluding hydrogens is 260 g/mol. The zero-order valence-electron chi connectivity index (χ0n) is 9.83. The van der Waals surface area contributed by atoms with Crippen LogP contribution in [0.4, 0.5) is 8.78 Å². The molecule has 1 aliphatic rings. The van der Waals surface area contributed by atoms with Crippen LogP contribution in [0, 0.1) is 17.6 Å². The van der Waals surface area contributed by atoms with Crippen molar-refractivity contribution in [1.82, 2.24) is 5.32 Å². The molecule has 0 aliphatic carbocycles. The van der Waals surface area contributed by atoms with Crippen LogP contribution in [0.3, 0.4) is 0 Å². The monoisotopic (exact) mass is 275 g/mol. The molecule has 0 spiro atoms. The average molecular weight is 275 g/mol. The van der Waals surface area contributed by atoms with Gasteiger partial charge in [0, 0.05) is 12.1 Å². The fourth-order valence-corrected chi connectivity index (χ4v) is 3.98. The van der Waals surface area contributed by atoms with E-state index in [2.05, 4.69) is 5.32 Å². The second kappa shape index (κ2) is 5.32. The highest BCUT2D eigenvalue weighted by Crippen LogP contribution is 2.17. The van der Waals surface area contributed by atoms with Gasteiger partial charge in [0.05, 0.1) is 11.5 Å². The first-order valence-corrected chi connectivity index (χ1v) is 7.63. The molecule has 100 valence electrons. The van der Waals surface area contributed by atoms with Gasteiger partial charge in [-0.25, -0.2) is 17.2 Å². The zero-order chi connectivity index (χ0) is 13.2. The van der Waals surface area contributed by atoms with Crippen molar-refractivity contribution in [3.63, 3.8) is 0 Å². The van der Waals surface area contributed by atoms with E-state index < -0.39 is 21.5 Å². The Bertz CT molecular complexity index is 531. The van der Waals surface area contributed by atoms with Gasteiger partial charge in [0.25, 0.3) is 0 Å². The smallest absolute Gasteiger partial charge is 0.150 e. The van der Waals surface area contributed by atoms with Crippen LogP contribution < -0.4 is 5.32 Å². The van der Waals surface area contributed by atoms with Crippen LogP contribution in [0.5, 0.6) is 0 Å². The van der Waals surface area contributed by atoms with Crippen molar-refractivity contribution in [2.24, 2.45) is 5.92 Å². The fraction of sp³-hybridized carbons (Fsp3) is 0.500. The van der Waals surface area contributed by atoms with Gasteiger partial charge in [-0.1, -0.05) is 0 Å². The van der Waals surface area contributed by atoms with E-state index in [-0.39, 0.29) is 29.5 Å². The van der Waals surface area contributed by atoms with Gasteiger partial charge >= 0.3 is 0 Å². The zero-order valence-corrected chi connectivity index (χ0v) is 10.6. The minimum absolute atomic E-state index is 0.0756. The molecule has 3 nitrogen and oxygen atoms in total. The number of rotatable bonds is 4. The van der Waals surface area contributed by atoms with Crippen LogP contribution in [0.15, 0.2) is 18.2 Å². The highest BCUT2D eigenvalue weighted by Gasteiger charge is 2.27. The van der Waals surface area contributed by atoms with E-state index in [0.29, 0.717) is 13.0 Å². The summed E-state index contributed by atoms with van der Waals surface area (Å²) in [4.78, 5) is 0. The van der Waals surface area contributed by atoms with Crippen LogP contribution in [0.2, 0.25) is 0 Å². The highest BCUT2D eigenvalue weighted by atomic mass is 32.2. The van der Waals surface area contributed by atoms with E-state index >= 15 is 0 Å². The van der Waals surface area contributed by atoms with Crippen LogP contribution in [-0.4, -0.2) is 26.5 Å². The molecule has 0 aromatic heterocycles. The van der Waals surface area contributed by atoms with Gasteiger partial charge in [-0.2, -0.15) is 0 Å². The maximum absolute atomic E-state index is 13.3. The van der Waals surface area contributed by atoms with Gasteiger partial charge in [0.15, 0.2) is 9.84 Å². The van der Waals surface area contributed by atoms with Gasteiger partial charge in [0.2, 0.25) is 0 Å². The standard InChI is InChI=1S/C12H15F2NO2S/c13-11-1-2-12(14)10(5-11)7-15-6-9-3-4-18(16,17)8-9/h1-2,5,9,15H,3-4,6-8H2. The topological polar surface area (TPSA) is 46.2 Å². The minimum Gasteiger partial charge on any atom is -0.312 e. The maximum Gasteiger partial charge on any atom is 0.150 e. The van der Waals surface area contributed by atoms with E-state index in [0.717, 1.165) is 18.2 Å². The summed E-state index contributed by atoms with van der Waals surface area (Å²) in [5, 5.41) is 2.98. The predicted octanol–water partition coefficient (Wildman–Crippen LogP) is 1.49. The first-order chi connectivity index (χ1) is 8.46. The number of hydrogen-bond donors (Lipinski definition) is 1. The lowest BCUT2D eigenvalue weighted by atomic mass is 10.1. The molecule has 0 saturated carbocycles. The van der Waals surface area contributed by atoms with Crippen LogP contribution in [-0.2, 0) is 16.4 Å². The van der Waals surface area contributed by atoms with Gasteiger partial charge in [-0.3, -0.25) is 0 Å². The van der Waals surface area contributed by atoms with Crippen LogP contribution >= 0.6 is 0 Å². The fourth-order valence-electron chi connectivity index (χ4n) is 2.12. The second-order valence-corrected chi connectivity index (χ2v) is 6.86. The summed E-state index contributed by atoms with van der Waals surface area (Å²) in [6.07, 6.45) is 0.640. The van der Waals surface area contributed by atoms with Crippen molar-refractivity contribution in [1.29, 1.82) is 0 Å². The number of benzene rings is 1. The summed E-state index contributed by atoms with van der Waals surface area (Å²) in [7, 11) is -2.88. The van der Waals surface area contributed by atoms with Crippen molar-refractivity contribution in [3.8, 4) is 0 Å². The third kappa shape index (κ3) is 3.49. The third-order valence-electron chi connectivity index (χ3n) is 3.08. The van der Waals surface area contributed by atoms with Gasteiger partial charge in [-0.15, -0.1) is 0 Å². The average Bonchev–Trinajstić information content (AvgIpc) is 2.63. The summed E-state index contributed by atoms with van der Waals surface area (Å²) in [6.45, 7) is 0.718. The summed E-state index contributed by atoms with van der Waals surface area (Å²) in [5.74, 6) is -0.439. The molecule has 0 radical (unpaired) electrons. The number of nitrogens with one attached hydrogen (secondary N) is 1. The second-order valence-electron chi connectivity index (χ2n) is 4.64. The van der Waals surface area contributed by atoms with Crippen LogP contribution in [0.25, 0.3) is 0 Å². The van der Waals surface area contributed by atoms with Gasteiger partial charge < -0.3 is 5.32 Å². The first-order valence-electron chi connectivity index (χ1n) is 5.81. The molecule has 1 unspecified atom stereocenters. The van der Waals surface area contributed by atoms with Crippen molar-refractivity contribution in [2.45, 2.75) is 13.0 Å². The molecule has 6 heteroatoms. The Labute approximate surface area is 105 Å². The summed E-state index contributed by atoms with van der Waals surface area (Å²) >= 11 is 0. The molecule has 1 atom stereocenters. The lowest BCUT2D eigenvalue weighted by Crippen LogP contribution is -2.23. The Morgan fingerprint density at radius 1 is 1.33 bits per heavy atom. The molecule has 1 N–H and O–H groups in total. The number of hydrogen-bond acceptors (Lipinski definition) is 3. The van der Waals surface area contributed by atoms with E-state index in [1.165, 1.54) is 0 Å². The molecule has 1 aliphatic heterocycles. The summed E-state index contributed by atoms with van der Waals surface area (Å²) in [6, 6.07) is 3.31. The molecule has 2 rings (SSSR count). The summed E-state index contributed by atoms with van der Waals surface area (Å²) < 4.78 is 48.7. The van der Waals surface area contributed by atoms with Crippen LogP contribution in [0.1, 0.15) is 12.0 Å². The lowest BCUT2D eigenvalue weighted by molar-refractivity contribution is 0.507. The molecule has 18 heavy (non-hydrogen) atoms. The predicted molar refractivity (Wildman–Crippen MR) is 64.8 cm³/mol. The van der Waals surface area contributed by atoms with E-state index in [9.17, 15) is 17.2 Å². The molecule has 1 saturated heterocycles. The largest absolute Gasteiger partial charge is 0.312 e. The quantitative estimate of drug-likeness (QED) is 0.905. The van der Waals surface area contributed by atoms with Gasteiger partial charge in [0.1, 0.15) is 11.6 Å². The maximum atomic E-state index is 13.3. The summed E-state index contributed by atoms with van der Waals surface area (Å²) in [5.41, 5.74) is 0.260. The molecule has 0 amide bonds. The highest BCUT2D eigenvalue weighted by molar-refractivity contribution is 7.91. The normalized spacial score (nSPS) is 22.2.